The summed E-state index contributed by atoms with van der Waals surface area (Å²) in [5, 5.41) is 4.13. The van der Waals surface area contributed by atoms with Gasteiger partial charge in [0.2, 0.25) is 11.8 Å². The van der Waals surface area contributed by atoms with Crippen LogP contribution in [0.1, 0.15) is 36.3 Å². The third-order valence-electron chi connectivity index (χ3n) is 7.17. The third kappa shape index (κ3) is 4.16. The van der Waals surface area contributed by atoms with Crippen molar-refractivity contribution in [3.8, 4) is 11.3 Å². The molecule has 3 fully saturated rings. The second-order valence-electron chi connectivity index (χ2n) is 10.4. The van der Waals surface area contributed by atoms with E-state index in [0.717, 1.165) is 57.0 Å². The first-order valence-electron chi connectivity index (χ1n) is 12.0. The second kappa shape index (κ2) is 8.34. The zero-order valence-electron chi connectivity index (χ0n) is 19.9. The maximum absolute atomic E-state index is 12.5. The van der Waals surface area contributed by atoms with Gasteiger partial charge in [0.1, 0.15) is 6.33 Å². The zero-order chi connectivity index (χ0) is 24.5. The molecular formula is C26H27ClN4O3S. The molecule has 1 aliphatic carbocycles. The highest BCUT2D eigenvalue weighted by atomic mass is 35.5. The quantitative estimate of drug-likeness (QED) is 0.519. The van der Waals surface area contributed by atoms with E-state index in [4.69, 9.17) is 16.3 Å². The number of rotatable bonds is 5. The molecule has 0 spiro atoms. The van der Waals surface area contributed by atoms with Gasteiger partial charge < -0.3 is 10.1 Å². The summed E-state index contributed by atoms with van der Waals surface area (Å²) >= 11 is 8.05. The van der Waals surface area contributed by atoms with E-state index >= 15 is 0 Å². The van der Waals surface area contributed by atoms with Gasteiger partial charge in [-0.15, -0.1) is 11.3 Å². The first-order valence-corrected chi connectivity index (χ1v) is 13.2. The van der Waals surface area contributed by atoms with Crippen LogP contribution in [0.25, 0.3) is 21.5 Å². The molecule has 2 saturated heterocycles. The van der Waals surface area contributed by atoms with Gasteiger partial charge in [-0.2, -0.15) is 0 Å². The van der Waals surface area contributed by atoms with E-state index in [1.165, 1.54) is 16.2 Å². The van der Waals surface area contributed by atoms with Crippen LogP contribution in [-0.2, 0) is 27.3 Å². The lowest BCUT2D eigenvalue weighted by Crippen LogP contribution is -2.51. The van der Waals surface area contributed by atoms with Crippen LogP contribution in [0, 0.1) is 18.8 Å². The average Bonchev–Trinajstić information content (AvgIpc) is 3.43. The highest BCUT2D eigenvalue weighted by Crippen LogP contribution is 2.48. The third-order valence-corrected chi connectivity index (χ3v) is 8.50. The van der Waals surface area contributed by atoms with E-state index in [0.29, 0.717) is 18.0 Å². The van der Waals surface area contributed by atoms with Crippen LogP contribution < -0.4 is 5.32 Å². The number of nitrogens with one attached hydrogen (secondary N) is 1. The summed E-state index contributed by atoms with van der Waals surface area (Å²) in [5.74, 6) is -0.266. The standard InChI is InChI=1S/C26H27ClN4O3S/c1-13-4-14(27)5-18(17(13)6-15-9-28-11-26(2,3)34-15)22-23-21(29-12-30-22)7-16(35-23)10-31-24(32)19-8-20(19)25(31)33/h4-5,7,12,15,19-20,28H,6,8-11H2,1-3H3. The predicted octanol–water partition coefficient (Wildman–Crippen LogP) is 4.13. The Bertz CT molecular complexity index is 1350. The van der Waals surface area contributed by atoms with E-state index in [9.17, 15) is 9.59 Å². The minimum absolute atomic E-state index is 0.0345. The monoisotopic (exact) mass is 510 g/mol. The molecule has 7 nitrogen and oxygen atoms in total. The Labute approximate surface area is 212 Å². The smallest absolute Gasteiger partial charge is 0.233 e. The van der Waals surface area contributed by atoms with Gasteiger partial charge in [0.15, 0.2) is 0 Å². The first-order chi connectivity index (χ1) is 16.7. The summed E-state index contributed by atoms with van der Waals surface area (Å²) in [7, 11) is 0. The molecule has 9 heteroatoms. The Morgan fingerprint density at radius 2 is 1.97 bits per heavy atom. The van der Waals surface area contributed by atoms with E-state index < -0.39 is 0 Å². The summed E-state index contributed by atoms with van der Waals surface area (Å²) in [4.78, 5) is 36.4. The zero-order valence-corrected chi connectivity index (χ0v) is 21.5. The van der Waals surface area contributed by atoms with Crippen molar-refractivity contribution in [3.63, 3.8) is 0 Å². The SMILES string of the molecule is Cc1cc(Cl)cc(-c2ncnc3cc(CN4C(=O)C5CC5C4=O)sc23)c1CC1CNCC(C)(C)O1. The van der Waals surface area contributed by atoms with Crippen molar-refractivity contribution in [2.24, 2.45) is 11.8 Å². The maximum atomic E-state index is 12.5. The van der Waals surface area contributed by atoms with Gasteiger partial charge in [0.25, 0.3) is 0 Å². The number of benzene rings is 1. The highest BCUT2D eigenvalue weighted by Gasteiger charge is 2.58. The summed E-state index contributed by atoms with van der Waals surface area (Å²) in [6, 6.07) is 5.91. The number of nitrogens with zero attached hydrogens (tertiary/aromatic N) is 3. The molecule has 3 unspecified atom stereocenters. The number of carbonyl (C=O) groups excluding carboxylic acids is 2. The van der Waals surface area contributed by atoms with E-state index in [-0.39, 0.29) is 35.4 Å². The number of thiophene rings is 1. The van der Waals surface area contributed by atoms with Crippen molar-refractivity contribution >= 4 is 45.0 Å². The van der Waals surface area contributed by atoms with Gasteiger partial charge in [-0.1, -0.05) is 11.6 Å². The molecule has 1 saturated carbocycles. The minimum atomic E-state index is -0.223. The maximum Gasteiger partial charge on any atom is 0.233 e. The fraction of sp³-hybridized carbons (Fsp3) is 0.462. The Balaban J connectivity index is 1.37. The van der Waals surface area contributed by atoms with Gasteiger partial charge in [-0.05, 0) is 56.5 Å². The molecule has 3 aromatic rings. The molecule has 2 amide bonds. The lowest BCUT2D eigenvalue weighted by molar-refractivity contribution is -0.141. The first kappa shape index (κ1) is 23.0. The summed E-state index contributed by atoms with van der Waals surface area (Å²) in [6.45, 7) is 8.17. The van der Waals surface area contributed by atoms with Crippen LogP contribution in [0.3, 0.4) is 0 Å². The molecule has 0 bridgehead atoms. The molecule has 182 valence electrons. The Morgan fingerprint density at radius 3 is 2.71 bits per heavy atom. The van der Waals surface area contributed by atoms with Crippen LogP contribution in [0.2, 0.25) is 5.02 Å². The number of carbonyl (C=O) groups is 2. The molecule has 6 rings (SSSR count). The van der Waals surface area contributed by atoms with E-state index in [2.05, 4.69) is 36.1 Å². The lowest BCUT2D eigenvalue weighted by atomic mass is 9.93. The van der Waals surface area contributed by atoms with Crippen molar-refractivity contribution in [1.29, 1.82) is 0 Å². The largest absolute Gasteiger partial charge is 0.369 e. The molecule has 2 aromatic heterocycles. The molecule has 0 radical (unpaired) electrons. The van der Waals surface area contributed by atoms with Crippen molar-refractivity contribution < 1.29 is 14.3 Å². The van der Waals surface area contributed by atoms with Gasteiger partial charge >= 0.3 is 0 Å². The molecule has 2 aliphatic heterocycles. The van der Waals surface area contributed by atoms with Crippen LogP contribution in [-0.4, -0.2) is 51.5 Å². The van der Waals surface area contributed by atoms with Gasteiger partial charge in [0, 0.05) is 35.0 Å². The highest BCUT2D eigenvalue weighted by molar-refractivity contribution is 7.19. The molecule has 1 N–H and O–H groups in total. The topological polar surface area (TPSA) is 84.4 Å². The molecule has 1 aromatic carbocycles. The normalized spacial score (nSPS) is 25.4. The van der Waals surface area contributed by atoms with Gasteiger partial charge in [0.05, 0.1) is 46.0 Å². The van der Waals surface area contributed by atoms with Crippen molar-refractivity contribution in [3.05, 3.63) is 45.6 Å². The number of aromatic nitrogens is 2. The van der Waals surface area contributed by atoms with Gasteiger partial charge in [-0.25, -0.2) is 9.97 Å². The summed E-state index contributed by atoms with van der Waals surface area (Å²) < 4.78 is 7.29. The number of ether oxygens (including phenoxy) is 1. The van der Waals surface area contributed by atoms with Crippen molar-refractivity contribution in [2.75, 3.05) is 13.1 Å². The van der Waals surface area contributed by atoms with E-state index in [1.807, 2.05) is 18.2 Å². The Kier molecular flexibility index (Phi) is 5.49. The Hall–Kier alpha value is -2.39. The summed E-state index contributed by atoms with van der Waals surface area (Å²) in [5.41, 5.74) is 4.61. The number of imide groups is 1. The molecular weight excluding hydrogens is 484 g/mol. The van der Waals surface area contributed by atoms with Crippen LogP contribution in [0.5, 0.6) is 0 Å². The van der Waals surface area contributed by atoms with Gasteiger partial charge in [-0.3, -0.25) is 14.5 Å². The number of hydrogen-bond donors (Lipinski definition) is 1. The number of piperidine rings is 1. The van der Waals surface area contributed by atoms with E-state index in [1.54, 1.807) is 6.33 Å². The lowest BCUT2D eigenvalue weighted by Gasteiger charge is -2.37. The fourth-order valence-electron chi connectivity index (χ4n) is 5.40. The van der Waals surface area contributed by atoms with Crippen LogP contribution >= 0.6 is 22.9 Å². The number of amides is 2. The second-order valence-corrected chi connectivity index (χ2v) is 12.0. The average molecular weight is 511 g/mol. The number of fused-ring (bicyclic) bond motifs is 2. The van der Waals surface area contributed by atoms with Crippen molar-refractivity contribution in [2.45, 2.75) is 51.9 Å². The number of halogens is 1. The molecule has 3 aliphatic rings. The minimum Gasteiger partial charge on any atom is -0.369 e. The number of morpholine rings is 1. The Morgan fingerprint density at radius 1 is 1.20 bits per heavy atom. The van der Waals surface area contributed by atoms with Crippen LogP contribution in [0.15, 0.2) is 24.5 Å². The summed E-state index contributed by atoms with van der Waals surface area (Å²) in [6.07, 6.45) is 3.05. The predicted molar refractivity (Wildman–Crippen MR) is 135 cm³/mol. The van der Waals surface area contributed by atoms with Crippen LogP contribution in [0.4, 0.5) is 0 Å². The van der Waals surface area contributed by atoms with Crippen molar-refractivity contribution in [1.82, 2.24) is 20.2 Å². The number of aryl methyl sites for hydroxylation is 1. The molecule has 4 heterocycles. The number of hydrogen-bond acceptors (Lipinski definition) is 7. The fourth-order valence-corrected chi connectivity index (χ4v) is 6.78. The number of likely N-dealkylation sites (tertiary alicyclic amines) is 1. The molecule has 3 atom stereocenters. The molecule has 35 heavy (non-hydrogen) atoms.